The molecule has 1 aliphatic rings. The lowest BCUT2D eigenvalue weighted by Crippen LogP contribution is -2.39. The first-order valence-corrected chi connectivity index (χ1v) is 7.41. The van der Waals surface area contributed by atoms with Gasteiger partial charge < -0.3 is 4.74 Å². The quantitative estimate of drug-likeness (QED) is 0.813. The van der Waals surface area contributed by atoms with Gasteiger partial charge in [0.15, 0.2) is 0 Å². The summed E-state index contributed by atoms with van der Waals surface area (Å²) in [5.74, 6) is -0.386. The summed E-state index contributed by atoms with van der Waals surface area (Å²) in [6.07, 6.45) is 0.469. The van der Waals surface area contributed by atoms with Crippen molar-refractivity contribution in [2.24, 2.45) is 5.10 Å². The fraction of sp³-hybridized carbons (Fsp3) is 0.118. The molecule has 23 heavy (non-hydrogen) atoms. The number of hydrogen-bond donors (Lipinski definition) is 0. The van der Waals surface area contributed by atoms with Crippen molar-refractivity contribution in [3.05, 3.63) is 71.5 Å². The second-order valence-electron chi connectivity index (χ2n) is 4.96. The maximum atomic E-state index is 13.0. The minimum absolute atomic E-state index is 0.119. The molecule has 0 N–H and O–H groups in total. The molecule has 0 unspecified atom stereocenters. The molecular weight excluding hydrogens is 315 g/mol. The third-order valence-corrected chi connectivity index (χ3v) is 3.58. The molecule has 4 nitrogen and oxygen atoms in total. The number of carbonyl (C=O) groups excluding carboxylic acids is 1. The van der Waals surface area contributed by atoms with Gasteiger partial charge in [-0.3, -0.25) is 4.79 Å². The van der Waals surface area contributed by atoms with Crippen molar-refractivity contribution in [1.29, 1.82) is 0 Å². The van der Waals surface area contributed by atoms with Crippen LogP contribution in [-0.2, 0) is 11.2 Å². The zero-order valence-corrected chi connectivity index (χ0v) is 12.9. The van der Waals surface area contributed by atoms with Gasteiger partial charge in [0.2, 0.25) is 5.90 Å². The maximum Gasteiger partial charge on any atom is 0.279 e. The summed E-state index contributed by atoms with van der Waals surface area (Å²) < 4.78 is 18.5. The average Bonchev–Trinajstić information content (AvgIpc) is 2.58. The van der Waals surface area contributed by atoms with E-state index in [0.717, 1.165) is 10.6 Å². The summed E-state index contributed by atoms with van der Waals surface area (Å²) in [5.41, 5.74) is 1.34. The second-order valence-corrected chi connectivity index (χ2v) is 5.43. The smallest absolute Gasteiger partial charge is 0.279 e. The molecule has 2 aromatic carbocycles. The van der Waals surface area contributed by atoms with Crippen LogP contribution in [0.25, 0.3) is 0 Å². The number of nitrogens with zero attached hydrogens (tertiary/aromatic N) is 2. The fourth-order valence-corrected chi connectivity index (χ4v) is 2.32. The van der Waals surface area contributed by atoms with Crippen LogP contribution < -0.4 is 0 Å². The maximum absolute atomic E-state index is 13.0. The number of benzene rings is 2. The fourth-order valence-electron chi connectivity index (χ4n) is 2.13. The largest absolute Gasteiger partial charge is 0.472 e. The molecule has 1 aliphatic heterocycles. The number of hydrogen-bond acceptors (Lipinski definition) is 4. The molecule has 2 aromatic rings. The molecule has 0 bridgehead atoms. The predicted molar refractivity (Wildman–Crippen MR) is 88.7 cm³/mol. The Morgan fingerprint density at radius 1 is 1.17 bits per heavy atom. The molecule has 0 atom stereocenters. The molecule has 116 valence electrons. The number of amides is 1. The van der Waals surface area contributed by atoms with E-state index in [1.807, 2.05) is 30.3 Å². The molecule has 0 spiro atoms. The van der Waals surface area contributed by atoms with Crippen molar-refractivity contribution >= 4 is 29.0 Å². The van der Waals surface area contributed by atoms with Gasteiger partial charge in [0.05, 0.1) is 6.42 Å². The summed E-state index contributed by atoms with van der Waals surface area (Å²) in [6, 6.07) is 14.9. The molecule has 0 saturated heterocycles. The molecule has 0 radical (unpaired) electrons. The minimum Gasteiger partial charge on any atom is -0.472 e. The number of thiocarbonyl (C=S) groups is 1. The Morgan fingerprint density at radius 2 is 1.87 bits per heavy atom. The van der Waals surface area contributed by atoms with Crippen LogP contribution in [0.1, 0.15) is 15.9 Å². The van der Waals surface area contributed by atoms with E-state index >= 15 is 0 Å². The minimum atomic E-state index is -0.403. The van der Waals surface area contributed by atoms with Gasteiger partial charge in [-0.05, 0) is 29.8 Å². The highest BCUT2D eigenvalue weighted by atomic mass is 32.1. The van der Waals surface area contributed by atoms with Gasteiger partial charge in [-0.2, -0.15) is 5.01 Å². The SMILES string of the molecule is O=C(c1ccc(F)cc1)N1N=C(Cc2ccccc2)OCC1=S. The van der Waals surface area contributed by atoms with Gasteiger partial charge in [0.25, 0.3) is 5.91 Å². The van der Waals surface area contributed by atoms with Crippen LogP contribution in [-0.4, -0.2) is 28.4 Å². The number of hydrazone groups is 1. The Hall–Kier alpha value is -2.60. The molecule has 1 amide bonds. The zero-order chi connectivity index (χ0) is 16.2. The molecule has 3 rings (SSSR count). The topological polar surface area (TPSA) is 41.9 Å². The summed E-state index contributed by atoms with van der Waals surface area (Å²) >= 11 is 5.15. The standard InChI is InChI=1S/C17H13FN2O2S/c18-14-8-6-13(7-9-14)17(21)20-16(23)11-22-15(19-20)10-12-4-2-1-3-5-12/h1-9H,10-11H2. The van der Waals surface area contributed by atoms with Crippen molar-refractivity contribution < 1.29 is 13.9 Å². The van der Waals surface area contributed by atoms with E-state index in [4.69, 9.17) is 17.0 Å². The van der Waals surface area contributed by atoms with Gasteiger partial charge in [-0.15, -0.1) is 5.10 Å². The van der Waals surface area contributed by atoms with Crippen molar-refractivity contribution in [1.82, 2.24) is 5.01 Å². The van der Waals surface area contributed by atoms with Crippen LogP contribution in [0, 0.1) is 5.82 Å². The Bertz CT molecular complexity index is 760. The first kappa shape index (κ1) is 15.3. The monoisotopic (exact) mass is 328 g/mol. The van der Waals surface area contributed by atoms with Crippen LogP contribution >= 0.6 is 12.2 Å². The summed E-state index contributed by atoms with van der Waals surface area (Å²) in [4.78, 5) is 12.7. The lowest BCUT2D eigenvalue weighted by molar-refractivity contribution is 0.0831. The Kier molecular flexibility index (Phi) is 4.43. The highest BCUT2D eigenvalue weighted by Gasteiger charge is 2.25. The van der Waals surface area contributed by atoms with Gasteiger partial charge in [0.1, 0.15) is 17.4 Å². The average molecular weight is 328 g/mol. The normalized spacial score (nSPS) is 14.2. The molecule has 0 fully saturated rings. The van der Waals surface area contributed by atoms with Crippen molar-refractivity contribution in [2.45, 2.75) is 6.42 Å². The van der Waals surface area contributed by atoms with Crippen LogP contribution in [0.2, 0.25) is 0 Å². The summed E-state index contributed by atoms with van der Waals surface area (Å²) in [5, 5.41) is 5.34. The van der Waals surface area contributed by atoms with Gasteiger partial charge in [-0.25, -0.2) is 4.39 Å². The van der Waals surface area contributed by atoms with E-state index in [2.05, 4.69) is 5.10 Å². The molecule has 6 heteroatoms. The summed E-state index contributed by atoms with van der Waals surface area (Å²) in [6.45, 7) is 0.119. The molecule has 0 aliphatic carbocycles. The molecular formula is C17H13FN2O2S. The Labute approximate surface area is 138 Å². The van der Waals surface area contributed by atoms with Gasteiger partial charge in [0, 0.05) is 5.56 Å². The van der Waals surface area contributed by atoms with Crippen LogP contribution in [0.5, 0.6) is 0 Å². The highest BCUT2D eigenvalue weighted by Crippen LogP contribution is 2.13. The predicted octanol–water partition coefficient (Wildman–Crippen LogP) is 3.18. The van der Waals surface area contributed by atoms with Crippen molar-refractivity contribution in [3.63, 3.8) is 0 Å². The third-order valence-electron chi connectivity index (χ3n) is 3.29. The Balaban J connectivity index is 1.82. The van der Waals surface area contributed by atoms with Crippen LogP contribution in [0.4, 0.5) is 4.39 Å². The van der Waals surface area contributed by atoms with Gasteiger partial charge >= 0.3 is 0 Å². The van der Waals surface area contributed by atoms with Crippen molar-refractivity contribution in [2.75, 3.05) is 6.61 Å². The lowest BCUT2D eigenvalue weighted by Gasteiger charge is -2.24. The second kappa shape index (κ2) is 6.66. The molecule has 0 aromatic heterocycles. The zero-order valence-electron chi connectivity index (χ0n) is 12.1. The highest BCUT2D eigenvalue weighted by molar-refractivity contribution is 7.80. The first-order valence-electron chi connectivity index (χ1n) is 7.00. The first-order chi connectivity index (χ1) is 11.1. The number of halogens is 1. The lowest BCUT2D eigenvalue weighted by atomic mass is 10.1. The van der Waals surface area contributed by atoms with Crippen molar-refractivity contribution in [3.8, 4) is 0 Å². The van der Waals surface area contributed by atoms with Crippen LogP contribution in [0.3, 0.4) is 0 Å². The van der Waals surface area contributed by atoms with E-state index in [1.165, 1.54) is 24.3 Å². The molecule has 0 saturated carbocycles. The molecule has 1 heterocycles. The van der Waals surface area contributed by atoms with E-state index < -0.39 is 11.7 Å². The van der Waals surface area contributed by atoms with Crippen LogP contribution in [0.15, 0.2) is 59.7 Å². The van der Waals surface area contributed by atoms with E-state index in [9.17, 15) is 9.18 Å². The van der Waals surface area contributed by atoms with E-state index in [-0.39, 0.29) is 11.6 Å². The third kappa shape index (κ3) is 3.60. The van der Waals surface area contributed by atoms with E-state index in [0.29, 0.717) is 17.9 Å². The number of carbonyl (C=O) groups is 1. The number of rotatable bonds is 3. The Morgan fingerprint density at radius 3 is 2.57 bits per heavy atom. The van der Waals surface area contributed by atoms with Gasteiger partial charge in [-0.1, -0.05) is 42.5 Å². The van der Waals surface area contributed by atoms with E-state index in [1.54, 1.807) is 0 Å². The number of ether oxygens (including phenoxy) is 1. The summed E-state index contributed by atoms with van der Waals surface area (Å²) in [7, 11) is 0.